The summed E-state index contributed by atoms with van der Waals surface area (Å²) in [5.41, 5.74) is 0.185. The Balaban J connectivity index is 2.49. The summed E-state index contributed by atoms with van der Waals surface area (Å²) in [7, 11) is 0. The molecule has 6 heteroatoms. The molecule has 1 aliphatic heterocycles. The van der Waals surface area contributed by atoms with Crippen molar-refractivity contribution in [2.75, 3.05) is 6.54 Å². The van der Waals surface area contributed by atoms with E-state index in [4.69, 9.17) is 0 Å². The summed E-state index contributed by atoms with van der Waals surface area (Å²) >= 11 is 0. The summed E-state index contributed by atoms with van der Waals surface area (Å²) in [5.74, 6) is -3.67. The first kappa shape index (κ1) is 14.4. The van der Waals surface area contributed by atoms with Crippen LogP contribution in [-0.2, 0) is 9.59 Å². The molecule has 1 saturated heterocycles. The predicted octanol–water partition coefficient (Wildman–Crippen LogP) is 2.35. The minimum Gasteiger partial charge on any atom is -0.481 e. The molecule has 0 spiro atoms. The first-order chi connectivity index (χ1) is 9.43. The number of nitrogens with zero attached hydrogens (tertiary/aromatic N) is 1. The zero-order valence-electron chi connectivity index (χ0n) is 11.0. The van der Waals surface area contributed by atoms with E-state index in [2.05, 4.69) is 0 Å². The number of piperidine rings is 1. The van der Waals surface area contributed by atoms with Crippen LogP contribution in [0.4, 0.5) is 8.78 Å². The van der Waals surface area contributed by atoms with E-state index in [1.54, 1.807) is 6.92 Å². The average molecular weight is 283 g/mol. The van der Waals surface area contributed by atoms with Gasteiger partial charge in [-0.3, -0.25) is 9.59 Å². The van der Waals surface area contributed by atoms with Crippen LogP contribution >= 0.6 is 0 Å². The highest BCUT2D eigenvalue weighted by molar-refractivity contribution is 5.81. The van der Waals surface area contributed by atoms with E-state index in [0.29, 0.717) is 6.54 Å². The zero-order chi connectivity index (χ0) is 14.9. The fraction of sp³-hybridized carbons (Fsp3) is 0.429. The van der Waals surface area contributed by atoms with Gasteiger partial charge in [0.25, 0.3) is 0 Å². The molecule has 1 amide bonds. The number of aliphatic carboxylic acids is 1. The van der Waals surface area contributed by atoms with Gasteiger partial charge in [-0.15, -0.1) is 0 Å². The smallest absolute Gasteiger partial charge is 0.308 e. The largest absolute Gasteiger partial charge is 0.481 e. The van der Waals surface area contributed by atoms with Gasteiger partial charge in [0.05, 0.1) is 12.0 Å². The molecule has 1 aromatic rings. The Bertz CT molecular complexity index is 525. The van der Waals surface area contributed by atoms with Crippen molar-refractivity contribution in [3.63, 3.8) is 0 Å². The number of hydrogen-bond acceptors (Lipinski definition) is 2. The molecule has 0 bridgehead atoms. The third-order valence-electron chi connectivity index (χ3n) is 3.59. The van der Waals surface area contributed by atoms with E-state index in [-0.39, 0.29) is 24.3 Å². The monoisotopic (exact) mass is 283 g/mol. The average Bonchev–Trinajstić information content (AvgIpc) is 2.36. The molecule has 0 aliphatic carbocycles. The van der Waals surface area contributed by atoms with Crippen LogP contribution in [0.3, 0.4) is 0 Å². The molecule has 0 saturated carbocycles. The first-order valence-corrected chi connectivity index (χ1v) is 6.42. The van der Waals surface area contributed by atoms with Crippen LogP contribution in [0.15, 0.2) is 18.2 Å². The lowest BCUT2D eigenvalue weighted by atomic mass is 9.84. The van der Waals surface area contributed by atoms with Crippen LogP contribution in [0.25, 0.3) is 0 Å². The lowest BCUT2D eigenvalue weighted by Crippen LogP contribution is -2.45. The Morgan fingerprint density at radius 3 is 2.45 bits per heavy atom. The van der Waals surface area contributed by atoms with Crippen molar-refractivity contribution >= 4 is 11.9 Å². The van der Waals surface area contributed by atoms with Crippen LogP contribution in [-0.4, -0.2) is 28.4 Å². The minimum absolute atomic E-state index is 0.138. The number of amides is 1. The number of benzene rings is 1. The maximum absolute atomic E-state index is 13.3. The molecule has 20 heavy (non-hydrogen) atoms. The van der Waals surface area contributed by atoms with Crippen LogP contribution in [0.5, 0.6) is 0 Å². The lowest BCUT2D eigenvalue weighted by Gasteiger charge is -2.39. The number of carbonyl (C=O) groups excluding carboxylic acids is 1. The van der Waals surface area contributed by atoms with Crippen LogP contribution in [0, 0.1) is 17.6 Å². The molecule has 108 valence electrons. The van der Waals surface area contributed by atoms with E-state index in [0.717, 1.165) is 18.2 Å². The summed E-state index contributed by atoms with van der Waals surface area (Å²) in [4.78, 5) is 24.6. The van der Waals surface area contributed by atoms with Crippen molar-refractivity contribution in [3.05, 3.63) is 35.4 Å². The third kappa shape index (κ3) is 2.64. The van der Waals surface area contributed by atoms with Gasteiger partial charge in [0.2, 0.25) is 5.91 Å². The molecule has 1 aliphatic rings. The quantitative estimate of drug-likeness (QED) is 0.926. The number of carboxylic acids is 1. The maximum atomic E-state index is 13.3. The Hall–Kier alpha value is -1.98. The van der Waals surface area contributed by atoms with Crippen LogP contribution in [0.1, 0.15) is 31.4 Å². The zero-order valence-corrected chi connectivity index (χ0v) is 11.0. The van der Waals surface area contributed by atoms with Crippen molar-refractivity contribution in [3.8, 4) is 0 Å². The first-order valence-electron chi connectivity index (χ1n) is 6.42. The van der Waals surface area contributed by atoms with Gasteiger partial charge in [0, 0.05) is 19.0 Å². The highest BCUT2D eigenvalue weighted by Crippen LogP contribution is 2.37. The maximum Gasteiger partial charge on any atom is 0.308 e. The second kappa shape index (κ2) is 5.56. The molecule has 0 radical (unpaired) electrons. The normalized spacial score (nSPS) is 22.9. The Kier molecular flexibility index (Phi) is 4.01. The van der Waals surface area contributed by atoms with Gasteiger partial charge in [0.1, 0.15) is 11.6 Å². The minimum atomic E-state index is -1.06. The summed E-state index contributed by atoms with van der Waals surface area (Å²) < 4.78 is 26.7. The van der Waals surface area contributed by atoms with Gasteiger partial charge in [-0.05, 0) is 31.0 Å². The lowest BCUT2D eigenvalue weighted by molar-refractivity contribution is -0.151. The predicted molar refractivity (Wildman–Crippen MR) is 66.8 cm³/mol. The van der Waals surface area contributed by atoms with E-state index in [1.807, 2.05) is 0 Å². The highest BCUT2D eigenvalue weighted by atomic mass is 19.1. The molecular weight excluding hydrogens is 268 g/mol. The Morgan fingerprint density at radius 2 is 1.95 bits per heavy atom. The fourth-order valence-corrected chi connectivity index (χ4v) is 2.74. The van der Waals surface area contributed by atoms with Crippen molar-refractivity contribution in [2.45, 2.75) is 25.8 Å². The standard InChI is InChI=1S/C14H15F2NO3/c1-2-17-12(18)4-3-11(14(19)20)13(17)8-5-9(15)7-10(16)6-8/h5-7,11,13H,2-4H2,1H3,(H,19,20). The second-order valence-electron chi connectivity index (χ2n) is 4.81. The fourth-order valence-electron chi connectivity index (χ4n) is 2.74. The van der Waals surface area contributed by atoms with Gasteiger partial charge in [-0.1, -0.05) is 0 Å². The summed E-state index contributed by atoms with van der Waals surface area (Å²) in [6.07, 6.45) is 0.312. The topological polar surface area (TPSA) is 57.6 Å². The number of carboxylic acid groups (broad SMARTS) is 1. The van der Waals surface area contributed by atoms with Gasteiger partial charge < -0.3 is 10.0 Å². The van der Waals surface area contributed by atoms with E-state index in [1.165, 1.54) is 4.90 Å². The number of hydrogen-bond donors (Lipinski definition) is 1. The third-order valence-corrected chi connectivity index (χ3v) is 3.59. The van der Waals surface area contributed by atoms with E-state index < -0.39 is 29.6 Å². The summed E-state index contributed by atoms with van der Waals surface area (Å²) in [6.45, 7) is 2.01. The molecular formula is C14H15F2NO3. The Morgan fingerprint density at radius 1 is 1.35 bits per heavy atom. The van der Waals surface area contributed by atoms with E-state index in [9.17, 15) is 23.5 Å². The molecule has 2 unspecified atom stereocenters. The molecule has 2 rings (SSSR count). The van der Waals surface area contributed by atoms with Crippen LogP contribution in [0.2, 0.25) is 0 Å². The SMILES string of the molecule is CCN1C(=O)CCC(C(=O)O)C1c1cc(F)cc(F)c1. The second-order valence-corrected chi connectivity index (χ2v) is 4.81. The molecule has 1 N–H and O–H groups in total. The molecule has 4 nitrogen and oxygen atoms in total. The molecule has 1 heterocycles. The van der Waals surface area contributed by atoms with Gasteiger partial charge in [-0.25, -0.2) is 8.78 Å². The van der Waals surface area contributed by atoms with Gasteiger partial charge >= 0.3 is 5.97 Å². The molecule has 2 atom stereocenters. The molecule has 1 fully saturated rings. The van der Waals surface area contributed by atoms with Gasteiger partial charge in [-0.2, -0.15) is 0 Å². The van der Waals surface area contributed by atoms with Crippen molar-refractivity contribution in [1.29, 1.82) is 0 Å². The molecule has 0 aromatic heterocycles. The molecule has 1 aromatic carbocycles. The summed E-state index contributed by atoms with van der Waals surface area (Å²) in [5, 5.41) is 9.28. The number of likely N-dealkylation sites (tertiary alicyclic amines) is 1. The van der Waals surface area contributed by atoms with Crippen LogP contribution < -0.4 is 0 Å². The van der Waals surface area contributed by atoms with Crippen molar-refractivity contribution in [2.24, 2.45) is 5.92 Å². The number of rotatable bonds is 3. The van der Waals surface area contributed by atoms with Crippen molar-refractivity contribution in [1.82, 2.24) is 4.90 Å². The highest BCUT2D eigenvalue weighted by Gasteiger charge is 2.40. The number of carbonyl (C=O) groups is 2. The summed E-state index contributed by atoms with van der Waals surface area (Å²) in [6, 6.07) is 2.07. The van der Waals surface area contributed by atoms with E-state index >= 15 is 0 Å². The Labute approximate surface area is 115 Å². The number of halogens is 2. The van der Waals surface area contributed by atoms with Gasteiger partial charge in [0.15, 0.2) is 0 Å². The van der Waals surface area contributed by atoms with Crippen molar-refractivity contribution < 1.29 is 23.5 Å².